The summed E-state index contributed by atoms with van der Waals surface area (Å²) in [6.07, 6.45) is 0. The average molecular weight is 266 g/mol. The number of para-hydroxylation sites is 1. The van der Waals surface area contributed by atoms with Crippen molar-refractivity contribution in [3.05, 3.63) is 23.8 Å². The van der Waals surface area contributed by atoms with E-state index in [4.69, 9.17) is 4.74 Å². The first-order valence-electron chi connectivity index (χ1n) is 6.70. The van der Waals surface area contributed by atoms with E-state index >= 15 is 0 Å². The van der Waals surface area contributed by atoms with Crippen LogP contribution in [0.4, 0.5) is 0 Å². The summed E-state index contributed by atoms with van der Waals surface area (Å²) in [5.74, 6) is -0.103. The highest BCUT2D eigenvalue weighted by molar-refractivity contribution is 5.44. The fourth-order valence-corrected chi connectivity index (χ4v) is 2.24. The molecule has 0 spiro atoms. The number of morpholine rings is 1. The molecule has 0 aliphatic carbocycles. The zero-order chi connectivity index (χ0) is 13.7. The molecule has 106 valence electrons. The van der Waals surface area contributed by atoms with Crippen LogP contribution in [0.1, 0.15) is 12.5 Å². The van der Waals surface area contributed by atoms with Crippen LogP contribution in [-0.2, 0) is 11.3 Å². The van der Waals surface area contributed by atoms with Crippen LogP contribution in [0.2, 0.25) is 0 Å². The maximum absolute atomic E-state index is 9.71. The van der Waals surface area contributed by atoms with Crippen molar-refractivity contribution >= 4 is 0 Å². The number of phenolic OH excluding ortho intramolecular Hbond substituents is 2. The highest BCUT2D eigenvalue weighted by Gasteiger charge is 2.14. The van der Waals surface area contributed by atoms with Crippen molar-refractivity contribution in [2.24, 2.45) is 0 Å². The number of nitrogens with zero attached hydrogens (tertiary/aromatic N) is 1. The lowest BCUT2D eigenvalue weighted by atomic mass is 10.1. The first-order valence-corrected chi connectivity index (χ1v) is 6.70. The van der Waals surface area contributed by atoms with Gasteiger partial charge < -0.3 is 20.3 Å². The molecule has 0 saturated carbocycles. The topological polar surface area (TPSA) is 65.0 Å². The van der Waals surface area contributed by atoms with Crippen molar-refractivity contribution in [1.82, 2.24) is 10.2 Å². The average Bonchev–Trinajstić information content (AvgIpc) is 2.42. The fraction of sp³-hybridized carbons (Fsp3) is 0.571. The van der Waals surface area contributed by atoms with Gasteiger partial charge in [0.25, 0.3) is 0 Å². The van der Waals surface area contributed by atoms with Crippen molar-refractivity contribution < 1.29 is 14.9 Å². The molecule has 0 aromatic heterocycles. The SMILES string of the molecule is CC(CN1CCOCC1)NCc1cccc(O)c1O. The van der Waals surface area contributed by atoms with E-state index in [1.54, 1.807) is 6.07 Å². The van der Waals surface area contributed by atoms with E-state index in [1.165, 1.54) is 6.07 Å². The number of rotatable bonds is 5. The third kappa shape index (κ3) is 4.09. The van der Waals surface area contributed by atoms with Crippen molar-refractivity contribution in [2.75, 3.05) is 32.8 Å². The lowest BCUT2D eigenvalue weighted by Gasteiger charge is -2.29. The molecule has 1 heterocycles. The van der Waals surface area contributed by atoms with Gasteiger partial charge in [0.1, 0.15) is 0 Å². The van der Waals surface area contributed by atoms with Crippen LogP contribution in [0.25, 0.3) is 0 Å². The molecule has 1 atom stereocenters. The van der Waals surface area contributed by atoms with Crippen molar-refractivity contribution in [3.8, 4) is 11.5 Å². The predicted octanol–water partition coefficient (Wildman–Crippen LogP) is 0.908. The van der Waals surface area contributed by atoms with E-state index in [2.05, 4.69) is 17.1 Å². The number of aromatic hydroxyl groups is 2. The summed E-state index contributed by atoms with van der Waals surface area (Å²) in [5, 5.41) is 22.5. The van der Waals surface area contributed by atoms with Crippen LogP contribution in [0.15, 0.2) is 18.2 Å². The van der Waals surface area contributed by atoms with Gasteiger partial charge in [-0.25, -0.2) is 0 Å². The van der Waals surface area contributed by atoms with Gasteiger partial charge in [0.15, 0.2) is 11.5 Å². The quantitative estimate of drug-likeness (QED) is 0.691. The van der Waals surface area contributed by atoms with E-state index in [9.17, 15) is 10.2 Å². The molecule has 19 heavy (non-hydrogen) atoms. The third-order valence-corrected chi connectivity index (χ3v) is 3.38. The molecule has 0 bridgehead atoms. The molecular weight excluding hydrogens is 244 g/mol. The second-order valence-corrected chi connectivity index (χ2v) is 4.98. The van der Waals surface area contributed by atoms with E-state index in [1.807, 2.05) is 6.07 Å². The smallest absolute Gasteiger partial charge is 0.161 e. The zero-order valence-corrected chi connectivity index (χ0v) is 11.3. The van der Waals surface area contributed by atoms with Crippen LogP contribution >= 0.6 is 0 Å². The molecule has 1 saturated heterocycles. The molecule has 1 aromatic rings. The van der Waals surface area contributed by atoms with Crippen LogP contribution in [0, 0.1) is 0 Å². The number of benzene rings is 1. The number of ether oxygens (including phenoxy) is 1. The van der Waals surface area contributed by atoms with Crippen molar-refractivity contribution in [2.45, 2.75) is 19.5 Å². The van der Waals surface area contributed by atoms with Crippen LogP contribution in [0.3, 0.4) is 0 Å². The maximum atomic E-state index is 9.71. The minimum absolute atomic E-state index is 0.0337. The molecule has 0 radical (unpaired) electrons. The Balaban J connectivity index is 1.79. The number of phenols is 2. The van der Waals surface area contributed by atoms with Crippen LogP contribution in [-0.4, -0.2) is 54.0 Å². The van der Waals surface area contributed by atoms with Gasteiger partial charge in [0.05, 0.1) is 13.2 Å². The first-order chi connectivity index (χ1) is 9.16. The molecule has 0 amide bonds. The van der Waals surface area contributed by atoms with Crippen molar-refractivity contribution in [3.63, 3.8) is 0 Å². The molecular formula is C14H22N2O3. The summed E-state index contributed by atoms with van der Waals surface area (Å²) in [5.41, 5.74) is 0.717. The first kappa shape index (κ1) is 14.1. The summed E-state index contributed by atoms with van der Waals surface area (Å²) in [6.45, 7) is 7.19. The van der Waals surface area contributed by atoms with Gasteiger partial charge in [-0.1, -0.05) is 12.1 Å². The summed E-state index contributed by atoms with van der Waals surface area (Å²) < 4.78 is 5.32. The van der Waals surface area contributed by atoms with Gasteiger partial charge in [-0.15, -0.1) is 0 Å². The van der Waals surface area contributed by atoms with Gasteiger partial charge in [-0.2, -0.15) is 0 Å². The number of nitrogens with one attached hydrogen (secondary N) is 1. The van der Waals surface area contributed by atoms with Gasteiger partial charge >= 0.3 is 0 Å². The number of hydrogen-bond acceptors (Lipinski definition) is 5. The molecule has 5 heteroatoms. The van der Waals surface area contributed by atoms with Crippen molar-refractivity contribution in [1.29, 1.82) is 0 Å². The maximum Gasteiger partial charge on any atom is 0.161 e. The Hall–Kier alpha value is -1.30. The lowest BCUT2D eigenvalue weighted by molar-refractivity contribution is 0.0343. The van der Waals surface area contributed by atoms with Crippen LogP contribution in [0.5, 0.6) is 11.5 Å². The predicted molar refractivity (Wildman–Crippen MR) is 73.3 cm³/mol. The molecule has 1 aromatic carbocycles. The summed E-state index contributed by atoms with van der Waals surface area (Å²) >= 11 is 0. The molecule has 1 fully saturated rings. The van der Waals surface area contributed by atoms with E-state index in [0.29, 0.717) is 18.2 Å². The minimum atomic E-state index is -0.0693. The highest BCUT2D eigenvalue weighted by Crippen LogP contribution is 2.27. The Kier molecular flexibility index (Phi) is 5.01. The third-order valence-electron chi connectivity index (χ3n) is 3.38. The Morgan fingerprint density at radius 1 is 1.32 bits per heavy atom. The largest absolute Gasteiger partial charge is 0.504 e. The lowest BCUT2D eigenvalue weighted by Crippen LogP contribution is -2.44. The van der Waals surface area contributed by atoms with E-state index in [-0.39, 0.29) is 11.5 Å². The number of hydrogen-bond donors (Lipinski definition) is 3. The molecule has 1 aliphatic heterocycles. The molecule has 5 nitrogen and oxygen atoms in total. The second kappa shape index (κ2) is 6.75. The second-order valence-electron chi connectivity index (χ2n) is 4.98. The van der Waals surface area contributed by atoms with Gasteiger partial charge in [0.2, 0.25) is 0 Å². The molecule has 1 aliphatic rings. The minimum Gasteiger partial charge on any atom is -0.504 e. The normalized spacial score (nSPS) is 18.4. The summed E-state index contributed by atoms with van der Waals surface area (Å²) in [6, 6.07) is 5.35. The van der Waals surface area contributed by atoms with Gasteiger partial charge in [-0.05, 0) is 13.0 Å². The summed E-state index contributed by atoms with van der Waals surface area (Å²) in [7, 11) is 0. The Morgan fingerprint density at radius 2 is 2.05 bits per heavy atom. The molecule has 1 unspecified atom stereocenters. The van der Waals surface area contributed by atoms with E-state index < -0.39 is 0 Å². The van der Waals surface area contributed by atoms with Gasteiger partial charge in [-0.3, -0.25) is 4.90 Å². The molecule has 2 rings (SSSR count). The fourth-order valence-electron chi connectivity index (χ4n) is 2.24. The van der Waals surface area contributed by atoms with E-state index in [0.717, 1.165) is 32.8 Å². The highest BCUT2D eigenvalue weighted by atomic mass is 16.5. The summed E-state index contributed by atoms with van der Waals surface area (Å²) in [4.78, 5) is 2.36. The Morgan fingerprint density at radius 3 is 2.79 bits per heavy atom. The Bertz CT molecular complexity index is 406. The standard InChI is InChI=1S/C14H22N2O3/c1-11(10-16-5-7-19-8-6-16)15-9-12-3-2-4-13(17)14(12)18/h2-4,11,15,17-18H,5-10H2,1H3. The Labute approximate surface area is 113 Å². The monoisotopic (exact) mass is 266 g/mol. The zero-order valence-electron chi connectivity index (χ0n) is 11.3. The van der Waals surface area contributed by atoms with Gasteiger partial charge in [0, 0.05) is 37.8 Å². The van der Waals surface area contributed by atoms with Crippen LogP contribution < -0.4 is 5.32 Å². The molecule has 3 N–H and O–H groups in total.